The van der Waals surface area contributed by atoms with Crippen LogP contribution in [-0.2, 0) is 11.3 Å². The minimum Gasteiger partial charge on any atom is -0.387 e. The van der Waals surface area contributed by atoms with Gasteiger partial charge >= 0.3 is 5.76 Å². The van der Waals surface area contributed by atoms with E-state index in [2.05, 4.69) is 18.9 Å². The molecule has 0 spiro atoms. The number of likely N-dealkylation sites (tertiary alicyclic amines) is 1. The van der Waals surface area contributed by atoms with Gasteiger partial charge in [0.25, 0.3) is 5.89 Å². The monoisotopic (exact) mass is 321 g/mol. The van der Waals surface area contributed by atoms with E-state index in [1.165, 1.54) is 11.3 Å². The molecule has 0 aliphatic carbocycles. The van der Waals surface area contributed by atoms with E-state index in [9.17, 15) is 9.59 Å². The molecule has 6 nitrogen and oxygen atoms in total. The number of hydrogen-bond donors (Lipinski definition) is 0. The first-order chi connectivity index (χ1) is 10.6. The van der Waals surface area contributed by atoms with Crippen molar-refractivity contribution in [1.29, 1.82) is 0 Å². The Labute approximate surface area is 132 Å². The molecule has 1 aliphatic heterocycles. The lowest BCUT2D eigenvalue weighted by atomic mass is 9.97. The largest absolute Gasteiger partial charge is 0.437 e. The van der Waals surface area contributed by atoms with Gasteiger partial charge in [-0.15, -0.1) is 16.4 Å². The molecule has 2 aromatic rings. The minimum absolute atomic E-state index is 0.0671. The standard InChI is InChI=1S/C15H19N3O3S/c1-10-5-3-6-11(2)18(10)13(19)9-17-15(20)21-14(16-17)12-7-4-8-22-12/h4,7-8,10-11H,3,5-6,9H2,1-2H3. The Morgan fingerprint density at radius 1 is 1.41 bits per heavy atom. The lowest BCUT2D eigenvalue weighted by Crippen LogP contribution is -2.49. The zero-order chi connectivity index (χ0) is 15.7. The molecule has 0 aromatic carbocycles. The third-order valence-electron chi connectivity index (χ3n) is 4.10. The topological polar surface area (TPSA) is 68.3 Å². The van der Waals surface area contributed by atoms with Crippen LogP contribution in [0.3, 0.4) is 0 Å². The van der Waals surface area contributed by atoms with Crippen LogP contribution in [0.5, 0.6) is 0 Å². The summed E-state index contributed by atoms with van der Waals surface area (Å²) in [6, 6.07) is 4.10. The Morgan fingerprint density at radius 2 is 2.14 bits per heavy atom. The van der Waals surface area contributed by atoms with Crippen LogP contribution >= 0.6 is 11.3 Å². The van der Waals surface area contributed by atoms with Crippen LogP contribution < -0.4 is 5.76 Å². The van der Waals surface area contributed by atoms with E-state index in [0.29, 0.717) is 0 Å². The fourth-order valence-electron chi connectivity index (χ4n) is 3.03. The predicted octanol–water partition coefficient (Wildman–Crippen LogP) is 2.35. The number of carbonyl (C=O) groups excluding carboxylic acids is 1. The third-order valence-corrected chi connectivity index (χ3v) is 4.96. The molecule has 1 saturated heterocycles. The summed E-state index contributed by atoms with van der Waals surface area (Å²) in [6.07, 6.45) is 3.15. The van der Waals surface area contributed by atoms with Crippen LogP contribution in [0.15, 0.2) is 26.7 Å². The highest BCUT2D eigenvalue weighted by Gasteiger charge is 2.29. The number of carbonyl (C=O) groups is 1. The number of hydrogen-bond acceptors (Lipinski definition) is 5. The minimum atomic E-state index is -0.589. The van der Waals surface area contributed by atoms with Crippen molar-refractivity contribution >= 4 is 17.2 Å². The van der Waals surface area contributed by atoms with Gasteiger partial charge in [0.1, 0.15) is 6.54 Å². The lowest BCUT2D eigenvalue weighted by molar-refractivity contribution is -0.138. The summed E-state index contributed by atoms with van der Waals surface area (Å²) in [6.45, 7) is 4.04. The second-order valence-electron chi connectivity index (χ2n) is 5.74. The molecule has 0 N–H and O–H groups in total. The van der Waals surface area contributed by atoms with E-state index >= 15 is 0 Å². The second kappa shape index (κ2) is 6.08. The van der Waals surface area contributed by atoms with Crippen molar-refractivity contribution in [2.45, 2.75) is 51.7 Å². The smallest absolute Gasteiger partial charge is 0.387 e. The SMILES string of the molecule is CC1CCCC(C)N1C(=O)Cn1nc(-c2cccs2)oc1=O. The Hall–Kier alpha value is -1.89. The third kappa shape index (κ3) is 2.85. The number of thiophene rings is 1. The van der Waals surface area contributed by atoms with E-state index in [-0.39, 0.29) is 30.4 Å². The summed E-state index contributed by atoms with van der Waals surface area (Å²) >= 11 is 1.44. The zero-order valence-electron chi connectivity index (χ0n) is 12.7. The first-order valence-electron chi connectivity index (χ1n) is 7.49. The average molecular weight is 321 g/mol. The van der Waals surface area contributed by atoms with Crippen molar-refractivity contribution < 1.29 is 9.21 Å². The summed E-state index contributed by atoms with van der Waals surface area (Å²) in [5, 5.41) is 6.02. The molecule has 0 bridgehead atoms. The first kappa shape index (κ1) is 15.0. The molecule has 2 unspecified atom stereocenters. The molecule has 1 amide bonds. The van der Waals surface area contributed by atoms with E-state index in [0.717, 1.165) is 28.8 Å². The van der Waals surface area contributed by atoms with E-state index in [1.54, 1.807) is 0 Å². The van der Waals surface area contributed by atoms with E-state index in [4.69, 9.17) is 4.42 Å². The number of nitrogens with zero attached hydrogens (tertiary/aromatic N) is 3. The van der Waals surface area contributed by atoms with Crippen LogP contribution in [-0.4, -0.2) is 32.7 Å². The summed E-state index contributed by atoms with van der Waals surface area (Å²) in [7, 11) is 0. The molecule has 3 rings (SSSR count). The van der Waals surface area contributed by atoms with Crippen LogP contribution in [0.1, 0.15) is 33.1 Å². The zero-order valence-corrected chi connectivity index (χ0v) is 13.5. The van der Waals surface area contributed by atoms with Gasteiger partial charge in [0.15, 0.2) is 0 Å². The van der Waals surface area contributed by atoms with Crippen molar-refractivity contribution in [1.82, 2.24) is 14.7 Å². The summed E-state index contributed by atoms with van der Waals surface area (Å²) in [5.74, 6) is -0.394. The van der Waals surface area contributed by atoms with Gasteiger partial charge in [-0.1, -0.05) is 6.07 Å². The predicted molar refractivity (Wildman–Crippen MR) is 83.7 cm³/mol. The quantitative estimate of drug-likeness (QED) is 0.870. The maximum Gasteiger partial charge on any atom is 0.437 e. The Kier molecular flexibility index (Phi) is 4.15. The Morgan fingerprint density at radius 3 is 2.77 bits per heavy atom. The van der Waals surface area contributed by atoms with Crippen molar-refractivity contribution in [3.63, 3.8) is 0 Å². The Bertz CT molecular complexity index is 694. The highest BCUT2D eigenvalue weighted by molar-refractivity contribution is 7.13. The molecule has 22 heavy (non-hydrogen) atoms. The summed E-state index contributed by atoms with van der Waals surface area (Å²) < 4.78 is 6.25. The number of amides is 1. The molecule has 2 atom stereocenters. The van der Waals surface area contributed by atoms with Gasteiger partial charge in [0, 0.05) is 12.1 Å². The fraction of sp³-hybridized carbons (Fsp3) is 0.533. The van der Waals surface area contributed by atoms with Gasteiger partial charge in [0.05, 0.1) is 4.88 Å². The van der Waals surface area contributed by atoms with Gasteiger partial charge in [-0.3, -0.25) is 4.79 Å². The lowest BCUT2D eigenvalue weighted by Gasteiger charge is -2.38. The van der Waals surface area contributed by atoms with Crippen molar-refractivity contribution in [3.8, 4) is 10.8 Å². The van der Waals surface area contributed by atoms with Gasteiger partial charge in [-0.25, -0.2) is 4.79 Å². The maximum atomic E-state index is 12.5. The maximum absolute atomic E-state index is 12.5. The van der Waals surface area contributed by atoms with Crippen LogP contribution in [0.4, 0.5) is 0 Å². The molecular formula is C15H19N3O3S. The normalized spacial score (nSPS) is 22.0. The van der Waals surface area contributed by atoms with E-state index in [1.807, 2.05) is 22.4 Å². The average Bonchev–Trinajstić information content (AvgIpc) is 3.09. The highest BCUT2D eigenvalue weighted by Crippen LogP contribution is 2.23. The number of aromatic nitrogens is 2. The molecule has 118 valence electrons. The van der Waals surface area contributed by atoms with Crippen LogP contribution in [0, 0.1) is 0 Å². The summed E-state index contributed by atoms with van der Waals surface area (Å²) in [5.41, 5.74) is 0. The molecule has 0 radical (unpaired) electrons. The molecule has 7 heteroatoms. The van der Waals surface area contributed by atoms with Crippen LogP contribution in [0.2, 0.25) is 0 Å². The van der Waals surface area contributed by atoms with E-state index < -0.39 is 5.76 Å². The van der Waals surface area contributed by atoms with Crippen molar-refractivity contribution in [2.75, 3.05) is 0 Å². The molecule has 1 fully saturated rings. The molecule has 2 aromatic heterocycles. The molecule has 3 heterocycles. The van der Waals surface area contributed by atoms with Gasteiger partial charge in [-0.2, -0.15) is 4.68 Å². The molecule has 1 aliphatic rings. The summed E-state index contributed by atoms with van der Waals surface area (Å²) in [4.78, 5) is 27.1. The van der Waals surface area contributed by atoms with Gasteiger partial charge < -0.3 is 9.32 Å². The fourth-order valence-corrected chi connectivity index (χ4v) is 3.67. The Balaban J connectivity index is 1.78. The highest BCUT2D eigenvalue weighted by atomic mass is 32.1. The molecular weight excluding hydrogens is 302 g/mol. The first-order valence-corrected chi connectivity index (χ1v) is 8.37. The second-order valence-corrected chi connectivity index (χ2v) is 6.69. The molecule has 0 saturated carbocycles. The van der Waals surface area contributed by atoms with Gasteiger partial charge in [-0.05, 0) is 44.6 Å². The number of rotatable bonds is 3. The van der Waals surface area contributed by atoms with Crippen LogP contribution in [0.25, 0.3) is 10.8 Å². The van der Waals surface area contributed by atoms with Crippen molar-refractivity contribution in [2.24, 2.45) is 0 Å². The van der Waals surface area contributed by atoms with Crippen molar-refractivity contribution in [3.05, 3.63) is 28.1 Å². The number of piperidine rings is 1. The van der Waals surface area contributed by atoms with Gasteiger partial charge in [0.2, 0.25) is 5.91 Å².